The van der Waals surface area contributed by atoms with E-state index < -0.39 is 11.9 Å². The number of aliphatic carboxylic acids is 2. The molecule has 1 aliphatic heterocycles. The van der Waals surface area contributed by atoms with E-state index in [-0.39, 0.29) is 12.5 Å². The number of carboxylic acid groups (broad SMARTS) is 2. The average molecular weight is 491 g/mol. The summed E-state index contributed by atoms with van der Waals surface area (Å²) in [7, 11) is 4.82. The van der Waals surface area contributed by atoms with Gasteiger partial charge in [-0.2, -0.15) is 0 Å². The lowest BCUT2D eigenvalue weighted by molar-refractivity contribution is -0.159. The molecular formula is C24H30N2O9. The molecule has 11 nitrogen and oxygen atoms in total. The SMILES string of the molecule is COc1cc(CN2CCN(C(=O)COc3ccccc3)CC2)cc(OC)c1OC.O=C(O)C(=O)O. The van der Waals surface area contributed by atoms with Gasteiger partial charge in [0.05, 0.1) is 21.3 Å². The van der Waals surface area contributed by atoms with Crippen molar-refractivity contribution in [3.8, 4) is 23.0 Å². The second kappa shape index (κ2) is 13.7. The molecule has 2 aromatic rings. The summed E-state index contributed by atoms with van der Waals surface area (Å²) < 4.78 is 21.8. The van der Waals surface area contributed by atoms with E-state index in [4.69, 9.17) is 38.7 Å². The number of ether oxygens (including phenoxy) is 4. The third-order valence-electron chi connectivity index (χ3n) is 5.14. The average Bonchev–Trinajstić information content (AvgIpc) is 2.88. The van der Waals surface area contributed by atoms with Crippen LogP contribution in [0.3, 0.4) is 0 Å². The Bertz CT molecular complexity index is 953. The number of amides is 1. The number of hydrogen-bond donors (Lipinski definition) is 2. The molecule has 35 heavy (non-hydrogen) atoms. The fourth-order valence-corrected chi connectivity index (χ4v) is 3.39. The van der Waals surface area contributed by atoms with Crippen LogP contribution in [0, 0.1) is 0 Å². The Morgan fingerprint density at radius 2 is 1.37 bits per heavy atom. The third-order valence-corrected chi connectivity index (χ3v) is 5.14. The fourth-order valence-electron chi connectivity index (χ4n) is 3.39. The summed E-state index contributed by atoms with van der Waals surface area (Å²) in [6.07, 6.45) is 0. The summed E-state index contributed by atoms with van der Waals surface area (Å²) in [5, 5.41) is 14.8. The number of carbonyl (C=O) groups excluding carboxylic acids is 1. The quantitative estimate of drug-likeness (QED) is 0.525. The minimum absolute atomic E-state index is 0.0151. The van der Waals surface area contributed by atoms with Gasteiger partial charge < -0.3 is 34.1 Å². The van der Waals surface area contributed by atoms with Gasteiger partial charge >= 0.3 is 11.9 Å². The molecule has 1 aliphatic rings. The molecule has 1 heterocycles. The molecule has 3 rings (SSSR count). The van der Waals surface area contributed by atoms with Crippen molar-refractivity contribution in [1.82, 2.24) is 9.80 Å². The largest absolute Gasteiger partial charge is 0.493 e. The standard InChI is InChI=1S/C22H28N2O5.C2H2O4/c1-26-19-13-17(14-20(27-2)22(19)28-3)15-23-9-11-24(12-10-23)21(25)16-29-18-7-5-4-6-8-18;3-1(4)2(5)6/h4-8,13-14H,9-12,15-16H2,1-3H3;(H,3,4)(H,5,6). The zero-order valence-electron chi connectivity index (χ0n) is 19.9. The zero-order chi connectivity index (χ0) is 25.8. The van der Waals surface area contributed by atoms with Crippen LogP contribution in [0.2, 0.25) is 0 Å². The molecule has 2 N–H and O–H groups in total. The highest BCUT2D eigenvalue weighted by Gasteiger charge is 2.22. The molecule has 0 saturated carbocycles. The number of rotatable bonds is 8. The maximum absolute atomic E-state index is 12.4. The molecule has 11 heteroatoms. The zero-order valence-corrected chi connectivity index (χ0v) is 19.9. The maximum atomic E-state index is 12.4. The van der Waals surface area contributed by atoms with Crippen molar-refractivity contribution < 1.29 is 43.5 Å². The second-order valence-corrected chi connectivity index (χ2v) is 7.40. The highest BCUT2D eigenvalue weighted by Crippen LogP contribution is 2.38. The molecule has 0 bridgehead atoms. The van der Waals surface area contributed by atoms with Gasteiger partial charge in [-0.25, -0.2) is 9.59 Å². The number of carboxylic acids is 2. The van der Waals surface area contributed by atoms with Crippen molar-refractivity contribution in [2.75, 3.05) is 54.1 Å². The Morgan fingerprint density at radius 1 is 0.829 bits per heavy atom. The van der Waals surface area contributed by atoms with E-state index in [0.29, 0.717) is 36.1 Å². The van der Waals surface area contributed by atoms with Gasteiger partial charge in [0.1, 0.15) is 5.75 Å². The number of hydrogen-bond acceptors (Lipinski definition) is 8. The van der Waals surface area contributed by atoms with Crippen LogP contribution in [0.4, 0.5) is 0 Å². The van der Waals surface area contributed by atoms with E-state index >= 15 is 0 Å². The smallest absolute Gasteiger partial charge is 0.414 e. The number of piperazine rings is 1. The molecule has 1 fully saturated rings. The van der Waals surface area contributed by atoms with Crippen LogP contribution in [-0.2, 0) is 20.9 Å². The van der Waals surface area contributed by atoms with Gasteiger partial charge in [0, 0.05) is 32.7 Å². The summed E-state index contributed by atoms with van der Waals surface area (Å²) >= 11 is 0. The molecular weight excluding hydrogens is 460 g/mol. The minimum atomic E-state index is -1.82. The molecule has 1 saturated heterocycles. The lowest BCUT2D eigenvalue weighted by Crippen LogP contribution is -2.49. The van der Waals surface area contributed by atoms with Crippen LogP contribution >= 0.6 is 0 Å². The first kappa shape index (κ1) is 27.3. The summed E-state index contributed by atoms with van der Waals surface area (Å²) in [5.74, 6) is -1.04. The first-order valence-electron chi connectivity index (χ1n) is 10.7. The van der Waals surface area contributed by atoms with Crippen molar-refractivity contribution >= 4 is 17.8 Å². The first-order valence-corrected chi connectivity index (χ1v) is 10.7. The maximum Gasteiger partial charge on any atom is 0.414 e. The Hall–Kier alpha value is -3.99. The van der Waals surface area contributed by atoms with Gasteiger partial charge in [0.15, 0.2) is 18.1 Å². The topological polar surface area (TPSA) is 135 Å². The molecule has 190 valence electrons. The van der Waals surface area contributed by atoms with Crippen LogP contribution in [-0.4, -0.2) is 92.0 Å². The number of para-hydroxylation sites is 1. The monoisotopic (exact) mass is 490 g/mol. The molecule has 0 unspecified atom stereocenters. The lowest BCUT2D eigenvalue weighted by Gasteiger charge is -2.34. The van der Waals surface area contributed by atoms with Crippen molar-refractivity contribution in [1.29, 1.82) is 0 Å². The molecule has 2 aromatic carbocycles. The Kier molecular flexibility index (Phi) is 10.6. The number of methoxy groups -OCH3 is 3. The highest BCUT2D eigenvalue weighted by molar-refractivity contribution is 6.27. The number of carbonyl (C=O) groups is 3. The fraction of sp³-hybridized carbons (Fsp3) is 0.375. The molecule has 0 spiro atoms. The van der Waals surface area contributed by atoms with Gasteiger partial charge in [0.2, 0.25) is 5.75 Å². The van der Waals surface area contributed by atoms with Crippen LogP contribution in [0.5, 0.6) is 23.0 Å². The van der Waals surface area contributed by atoms with E-state index in [1.165, 1.54) is 0 Å². The molecule has 0 aliphatic carbocycles. The van der Waals surface area contributed by atoms with Crippen LogP contribution in [0.25, 0.3) is 0 Å². The summed E-state index contributed by atoms with van der Waals surface area (Å²) in [6, 6.07) is 13.3. The molecule has 0 aromatic heterocycles. The van der Waals surface area contributed by atoms with Gasteiger partial charge in [-0.15, -0.1) is 0 Å². The predicted octanol–water partition coefficient (Wildman–Crippen LogP) is 1.59. The van der Waals surface area contributed by atoms with Gasteiger partial charge in [-0.3, -0.25) is 9.69 Å². The Labute approximate surface area is 203 Å². The number of nitrogens with zero attached hydrogens (tertiary/aromatic N) is 2. The molecule has 0 radical (unpaired) electrons. The van der Waals surface area contributed by atoms with Crippen LogP contribution in [0.1, 0.15) is 5.56 Å². The molecule has 0 atom stereocenters. The van der Waals surface area contributed by atoms with Crippen molar-refractivity contribution in [3.63, 3.8) is 0 Å². The normalized spacial score (nSPS) is 13.2. The van der Waals surface area contributed by atoms with E-state index in [1.807, 2.05) is 47.4 Å². The Balaban J connectivity index is 0.000000641. The third kappa shape index (κ3) is 8.38. The summed E-state index contributed by atoms with van der Waals surface area (Å²) in [6.45, 7) is 3.78. The summed E-state index contributed by atoms with van der Waals surface area (Å²) in [5.41, 5.74) is 1.08. The van der Waals surface area contributed by atoms with Crippen molar-refractivity contribution in [2.45, 2.75) is 6.54 Å². The summed E-state index contributed by atoms with van der Waals surface area (Å²) in [4.78, 5) is 34.8. The van der Waals surface area contributed by atoms with E-state index in [0.717, 1.165) is 25.2 Å². The van der Waals surface area contributed by atoms with Gasteiger partial charge in [-0.1, -0.05) is 18.2 Å². The minimum Gasteiger partial charge on any atom is -0.493 e. The second-order valence-electron chi connectivity index (χ2n) is 7.40. The van der Waals surface area contributed by atoms with E-state index in [2.05, 4.69) is 4.90 Å². The highest BCUT2D eigenvalue weighted by atomic mass is 16.5. The van der Waals surface area contributed by atoms with Gasteiger partial charge in [-0.05, 0) is 29.8 Å². The van der Waals surface area contributed by atoms with Crippen molar-refractivity contribution in [2.24, 2.45) is 0 Å². The molecule has 1 amide bonds. The lowest BCUT2D eigenvalue weighted by atomic mass is 10.1. The van der Waals surface area contributed by atoms with Crippen LogP contribution in [0.15, 0.2) is 42.5 Å². The van der Waals surface area contributed by atoms with E-state index in [1.54, 1.807) is 21.3 Å². The Morgan fingerprint density at radius 3 is 1.83 bits per heavy atom. The van der Waals surface area contributed by atoms with Crippen molar-refractivity contribution in [3.05, 3.63) is 48.0 Å². The first-order chi connectivity index (χ1) is 16.8. The van der Waals surface area contributed by atoms with Crippen LogP contribution < -0.4 is 18.9 Å². The number of benzene rings is 2. The predicted molar refractivity (Wildman–Crippen MR) is 125 cm³/mol. The van der Waals surface area contributed by atoms with Gasteiger partial charge in [0.25, 0.3) is 5.91 Å². The van der Waals surface area contributed by atoms with E-state index in [9.17, 15) is 4.79 Å².